The van der Waals surface area contributed by atoms with Crippen molar-refractivity contribution in [3.63, 3.8) is 0 Å². The van der Waals surface area contributed by atoms with Crippen molar-refractivity contribution in [3.05, 3.63) is 36.0 Å². The Morgan fingerprint density at radius 3 is 1.88 bits per heavy atom. The van der Waals surface area contributed by atoms with Gasteiger partial charge in [-0.25, -0.2) is 0 Å². The third-order valence-corrected chi connectivity index (χ3v) is 18.5. The molecule has 0 bridgehead atoms. The van der Waals surface area contributed by atoms with Crippen LogP contribution in [0.2, 0.25) is 34.8 Å². The number of carbonyl (C=O) groups is 1. The summed E-state index contributed by atoms with van der Waals surface area (Å²) in [5.74, 6) is 0.290. The highest BCUT2D eigenvalue weighted by atomic mass is 28.4. The predicted octanol–water partition coefficient (Wildman–Crippen LogP) is 9.24. The van der Waals surface area contributed by atoms with Gasteiger partial charge in [0.05, 0.1) is 12.7 Å². The molecule has 0 unspecified atom stereocenters. The molecule has 0 aromatic carbocycles. The summed E-state index contributed by atoms with van der Waals surface area (Å²) in [4.78, 5) is 10.9. The van der Waals surface area contributed by atoms with Gasteiger partial charge in [0, 0.05) is 0 Å². The van der Waals surface area contributed by atoms with E-state index in [2.05, 4.69) is 107 Å². The zero-order valence-electron chi connectivity index (χ0n) is 24.7. The van der Waals surface area contributed by atoms with E-state index >= 15 is 0 Å². The molecule has 0 aliphatic heterocycles. The summed E-state index contributed by atoms with van der Waals surface area (Å²) in [5.41, 5.74) is 2.76. The molecule has 0 radical (unpaired) electrons. The molecule has 0 spiro atoms. The minimum absolute atomic E-state index is 0.141. The Morgan fingerprint density at radius 1 is 0.912 bits per heavy atom. The first kappa shape index (κ1) is 33.2. The van der Waals surface area contributed by atoms with E-state index in [4.69, 9.17) is 8.85 Å². The first-order chi connectivity index (χ1) is 15.5. The third kappa shape index (κ3) is 10.1. The molecule has 0 saturated heterocycles. The molecule has 0 saturated carbocycles. The molecule has 0 heterocycles. The Bertz CT molecular complexity index is 660. The van der Waals surface area contributed by atoms with E-state index in [1.54, 1.807) is 6.08 Å². The van der Waals surface area contributed by atoms with Gasteiger partial charge in [-0.2, -0.15) is 0 Å². The highest BCUT2D eigenvalue weighted by Gasteiger charge is 2.47. The second-order valence-electron chi connectivity index (χ2n) is 12.4. The number of hydrogen-bond donors (Lipinski definition) is 0. The Kier molecular flexibility index (Phi) is 14.4. The standard InChI is InChI=1S/C29H56O3Si2/c1-23(2)34(24(3)4,25(5)6)32-28(19-18-26(7)20-21-30)27(8)17-15-14-16-22-31-33(12,13)29(9,10)11/h14-17,20-21,23-25,27-28H,18-19,22H2,1-13H3/b16-14+,17-15+,26-20+/t27-,28-/m0/s1. The maximum atomic E-state index is 10.9. The zero-order chi connectivity index (χ0) is 26.7. The van der Waals surface area contributed by atoms with E-state index in [1.807, 2.05) is 6.92 Å². The minimum Gasteiger partial charge on any atom is -0.413 e. The van der Waals surface area contributed by atoms with Crippen molar-refractivity contribution in [3.8, 4) is 0 Å². The van der Waals surface area contributed by atoms with Crippen LogP contribution < -0.4 is 0 Å². The average molecular weight is 509 g/mol. The van der Waals surface area contributed by atoms with Gasteiger partial charge in [0.1, 0.15) is 6.29 Å². The van der Waals surface area contributed by atoms with Crippen molar-refractivity contribution in [2.45, 2.75) is 130 Å². The van der Waals surface area contributed by atoms with Crippen LogP contribution in [0.15, 0.2) is 36.0 Å². The van der Waals surface area contributed by atoms with Gasteiger partial charge in [0.25, 0.3) is 0 Å². The third-order valence-electron chi connectivity index (χ3n) is 7.83. The number of aldehydes is 1. The van der Waals surface area contributed by atoms with Gasteiger partial charge >= 0.3 is 0 Å². The maximum Gasteiger partial charge on any atom is 0.200 e. The second-order valence-corrected chi connectivity index (χ2v) is 22.6. The number of hydrogen-bond acceptors (Lipinski definition) is 3. The van der Waals surface area contributed by atoms with Crippen LogP contribution >= 0.6 is 0 Å². The van der Waals surface area contributed by atoms with Crippen LogP contribution in [0.4, 0.5) is 0 Å². The van der Waals surface area contributed by atoms with Crippen LogP contribution in [0.1, 0.15) is 89.0 Å². The lowest BCUT2D eigenvalue weighted by Gasteiger charge is -2.45. The Hall–Kier alpha value is -0.756. The molecule has 0 amide bonds. The summed E-state index contributed by atoms with van der Waals surface area (Å²) in [6, 6.07) is 0. The Labute approximate surface area is 214 Å². The molecule has 5 heteroatoms. The molecular formula is C29H56O3Si2. The van der Waals surface area contributed by atoms with Crippen LogP contribution in [-0.2, 0) is 13.6 Å². The molecule has 34 heavy (non-hydrogen) atoms. The lowest BCUT2D eigenvalue weighted by molar-refractivity contribution is -0.104. The smallest absolute Gasteiger partial charge is 0.200 e. The SMILES string of the molecule is C/C(=C\C=O)CC[C@H](O[Si](C(C)C)(C(C)C)C(C)C)[C@@H](C)/C=C/C=C/CO[Si](C)(C)C(C)(C)C. The van der Waals surface area contributed by atoms with Gasteiger partial charge in [-0.15, -0.1) is 0 Å². The van der Waals surface area contributed by atoms with Crippen molar-refractivity contribution < 1.29 is 13.6 Å². The molecule has 2 atom stereocenters. The molecule has 0 aromatic heterocycles. The Balaban J connectivity index is 5.53. The van der Waals surface area contributed by atoms with Gasteiger partial charge in [-0.05, 0) is 66.5 Å². The van der Waals surface area contributed by atoms with E-state index in [0.29, 0.717) is 23.2 Å². The van der Waals surface area contributed by atoms with E-state index < -0.39 is 16.6 Å². The monoisotopic (exact) mass is 508 g/mol. The Morgan fingerprint density at radius 2 is 1.44 bits per heavy atom. The number of rotatable bonds is 15. The molecule has 0 fully saturated rings. The van der Waals surface area contributed by atoms with E-state index in [1.165, 1.54) is 0 Å². The van der Waals surface area contributed by atoms with Crippen LogP contribution in [0.3, 0.4) is 0 Å². The highest BCUT2D eigenvalue weighted by molar-refractivity contribution is 6.77. The molecule has 198 valence electrons. The molecule has 3 nitrogen and oxygen atoms in total. The van der Waals surface area contributed by atoms with E-state index in [9.17, 15) is 4.79 Å². The van der Waals surface area contributed by atoms with Crippen LogP contribution in [-0.4, -0.2) is 35.6 Å². The first-order valence-corrected chi connectivity index (χ1v) is 18.3. The topological polar surface area (TPSA) is 35.5 Å². The molecule has 0 rings (SSSR count). The van der Waals surface area contributed by atoms with Gasteiger partial charge in [0.2, 0.25) is 8.32 Å². The summed E-state index contributed by atoms with van der Waals surface area (Å²) in [7, 11) is -3.71. The summed E-state index contributed by atoms with van der Waals surface area (Å²) >= 11 is 0. The van der Waals surface area contributed by atoms with Crippen molar-refractivity contribution in [1.82, 2.24) is 0 Å². The van der Waals surface area contributed by atoms with Crippen LogP contribution in [0.25, 0.3) is 0 Å². The average Bonchev–Trinajstić information content (AvgIpc) is 2.69. The fourth-order valence-corrected chi connectivity index (χ4v) is 11.3. The maximum absolute atomic E-state index is 10.9. The first-order valence-electron chi connectivity index (χ1n) is 13.3. The highest BCUT2D eigenvalue weighted by Crippen LogP contribution is 2.44. The molecule has 0 aromatic rings. The largest absolute Gasteiger partial charge is 0.413 e. The van der Waals surface area contributed by atoms with Crippen molar-refractivity contribution >= 4 is 22.9 Å². The quantitative estimate of drug-likeness (QED) is 0.0956. The van der Waals surface area contributed by atoms with Crippen LogP contribution in [0, 0.1) is 5.92 Å². The summed E-state index contributed by atoms with van der Waals surface area (Å²) in [6.07, 6.45) is 13.2. The molecule has 0 aliphatic carbocycles. The number of allylic oxidation sites excluding steroid dienone is 4. The lowest BCUT2D eigenvalue weighted by Crippen LogP contribution is -2.51. The lowest BCUT2D eigenvalue weighted by atomic mass is 9.97. The number of carbonyl (C=O) groups excluding carboxylic acids is 1. The van der Waals surface area contributed by atoms with Gasteiger partial charge in [0.15, 0.2) is 8.32 Å². The molecule has 0 aliphatic rings. The van der Waals surface area contributed by atoms with Crippen LogP contribution in [0.5, 0.6) is 0 Å². The van der Waals surface area contributed by atoms with Crippen molar-refractivity contribution in [2.24, 2.45) is 5.92 Å². The minimum atomic E-state index is -2.00. The van der Waals surface area contributed by atoms with Gasteiger partial charge in [-0.1, -0.05) is 99.1 Å². The van der Waals surface area contributed by atoms with Gasteiger partial charge < -0.3 is 8.85 Å². The van der Waals surface area contributed by atoms with Crippen molar-refractivity contribution in [2.75, 3.05) is 6.61 Å². The van der Waals surface area contributed by atoms with Gasteiger partial charge in [-0.3, -0.25) is 4.79 Å². The summed E-state index contributed by atoms with van der Waals surface area (Å²) in [6.45, 7) is 30.4. The zero-order valence-corrected chi connectivity index (χ0v) is 26.7. The normalized spacial score (nSPS) is 16.4. The molecule has 0 N–H and O–H groups in total. The fraction of sp³-hybridized carbons (Fsp3) is 0.759. The van der Waals surface area contributed by atoms with Crippen molar-refractivity contribution in [1.29, 1.82) is 0 Å². The van der Waals surface area contributed by atoms with E-state index in [0.717, 1.165) is 24.7 Å². The molecular weight excluding hydrogens is 452 g/mol. The summed E-state index contributed by atoms with van der Waals surface area (Å²) in [5, 5.41) is 0.228. The predicted molar refractivity (Wildman–Crippen MR) is 156 cm³/mol. The fourth-order valence-electron chi connectivity index (χ4n) is 4.64. The second kappa shape index (κ2) is 14.7. The summed E-state index contributed by atoms with van der Waals surface area (Å²) < 4.78 is 13.4. The van der Waals surface area contributed by atoms with E-state index in [-0.39, 0.29) is 17.1 Å².